The van der Waals surface area contributed by atoms with Crippen molar-refractivity contribution >= 4 is 16.9 Å². The first-order valence-electron chi connectivity index (χ1n) is 9.19. The van der Waals surface area contributed by atoms with Gasteiger partial charge in [0.05, 0.1) is 11.0 Å². The lowest BCUT2D eigenvalue weighted by atomic mass is 10.3. The first kappa shape index (κ1) is 17.1. The van der Waals surface area contributed by atoms with E-state index >= 15 is 0 Å². The van der Waals surface area contributed by atoms with Crippen molar-refractivity contribution in [3.05, 3.63) is 66.2 Å². The van der Waals surface area contributed by atoms with E-state index in [9.17, 15) is 0 Å². The summed E-state index contributed by atoms with van der Waals surface area (Å²) >= 11 is 0. The lowest BCUT2D eigenvalue weighted by Crippen LogP contribution is -2.13. The second-order valence-corrected chi connectivity index (χ2v) is 6.36. The van der Waals surface area contributed by atoms with Crippen LogP contribution in [-0.4, -0.2) is 31.0 Å². The number of para-hydroxylation sites is 2. The number of rotatable bonds is 6. The number of nitrogens with one attached hydrogen (secondary N) is 1. The molecule has 0 aliphatic carbocycles. The van der Waals surface area contributed by atoms with Crippen LogP contribution in [0.3, 0.4) is 0 Å². The standard InChI is InChI=1S/C21H22N6/c1-3-16-14-20(26-21(25-16)18-9-6-7-11-22-18)23-12-13-27-15(2)24-17-8-4-5-10-19(17)27/h4-11,14H,3,12-13H2,1-2H3,(H,23,25,26). The van der Waals surface area contributed by atoms with Crippen molar-refractivity contribution in [1.29, 1.82) is 0 Å². The molecule has 0 saturated heterocycles. The minimum absolute atomic E-state index is 0.654. The smallest absolute Gasteiger partial charge is 0.180 e. The molecule has 4 aromatic rings. The van der Waals surface area contributed by atoms with Gasteiger partial charge in [0.15, 0.2) is 5.82 Å². The van der Waals surface area contributed by atoms with Gasteiger partial charge in [-0.2, -0.15) is 0 Å². The second-order valence-electron chi connectivity index (χ2n) is 6.36. The predicted octanol–water partition coefficient (Wildman–Crippen LogP) is 3.87. The minimum Gasteiger partial charge on any atom is -0.368 e. The SMILES string of the molecule is CCc1cc(NCCn2c(C)nc3ccccc32)nc(-c2ccccn2)n1. The molecule has 1 N–H and O–H groups in total. The van der Waals surface area contributed by atoms with Crippen LogP contribution in [0.25, 0.3) is 22.6 Å². The number of fused-ring (bicyclic) bond motifs is 1. The Balaban J connectivity index is 1.53. The van der Waals surface area contributed by atoms with E-state index in [4.69, 9.17) is 0 Å². The van der Waals surface area contributed by atoms with Gasteiger partial charge in [0.1, 0.15) is 17.3 Å². The lowest BCUT2D eigenvalue weighted by molar-refractivity contribution is 0.720. The van der Waals surface area contributed by atoms with Crippen LogP contribution >= 0.6 is 0 Å². The molecule has 0 aliphatic heterocycles. The molecular formula is C21H22N6. The van der Waals surface area contributed by atoms with E-state index in [0.29, 0.717) is 5.82 Å². The molecule has 6 heteroatoms. The van der Waals surface area contributed by atoms with Gasteiger partial charge in [0.2, 0.25) is 0 Å². The Morgan fingerprint density at radius 1 is 1.00 bits per heavy atom. The van der Waals surface area contributed by atoms with Crippen molar-refractivity contribution in [2.75, 3.05) is 11.9 Å². The van der Waals surface area contributed by atoms with Gasteiger partial charge in [-0.1, -0.05) is 25.1 Å². The molecule has 0 aliphatic rings. The molecule has 0 spiro atoms. The van der Waals surface area contributed by atoms with Gasteiger partial charge in [-0.15, -0.1) is 0 Å². The van der Waals surface area contributed by atoms with Crippen molar-refractivity contribution < 1.29 is 0 Å². The topological polar surface area (TPSA) is 68.5 Å². The molecule has 0 radical (unpaired) electrons. The molecule has 3 aromatic heterocycles. The zero-order valence-electron chi connectivity index (χ0n) is 15.6. The van der Waals surface area contributed by atoms with E-state index in [1.807, 2.05) is 49.4 Å². The highest BCUT2D eigenvalue weighted by Crippen LogP contribution is 2.17. The third kappa shape index (κ3) is 3.65. The fraction of sp³-hybridized carbons (Fsp3) is 0.238. The van der Waals surface area contributed by atoms with Crippen LogP contribution in [0.5, 0.6) is 0 Å². The Kier molecular flexibility index (Phi) is 4.78. The highest BCUT2D eigenvalue weighted by atomic mass is 15.1. The summed E-state index contributed by atoms with van der Waals surface area (Å²) in [6.45, 7) is 5.70. The first-order valence-corrected chi connectivity index (χ1v) is 9.19. The van der Waals surface area contributed by atoms with E-state index in [2.05, 4.69) is 42.8 Å². The van der Waals surface area contributed by atoms with Crippen LogP contribution in [0.2, 0.25) is 0 Å². The summed E-state index contributed by atoms with van der Waals surface area (Å²) in [5.41, 5.74) is 3.97. The molecule has 0 fully saturated rings. The maximum atomic E-state index is 4.65. The molecule has 27 heavy (non-hydrogen) atoms. The van der Waals surface area contributed by atoms with Gasteiger partial charge in [-0.25, -0.2) is 15.0 Å². The van der Waals surface area contributed by atoms with Gasteiger partial charge >= 0.3 is 0 Å². The predicted molar refractivity (Wildman–Crippen MR) is 108 cm³/mol. The Morgan fingerprint density at radius 2 is 1.85 bits per heavy atom. The van der Waals surface area contributed by atoms with E-state index in [-0.39, 0.29) is 0 Å². The van der Waals surface area contributed by atoms with Crippen LogP contribution < -0.4 is 5.32 Å². The normalized spacial score (nSPS) is 11.0. The van der Waals surface area contributed by atoms with Crippen LogP contribution in [0.4, 0.5) is 5.82 Å². The molecule has 3 heterocycles. The van der Waals surface area contributed by atoms with E-state index in [1.165, 1.54) is 0 Å². The molecule has 0 amide bonds. The summed E-state index contributed by atoms with van der Waals surface area (Å²) < 4.78 is 2.23. The van der Waals surface area contributed by atoms with Gasteiger partial charge < -0.3 is 9.88 Å². The Morgan fingerprint density at radius 3 is 2.67 bits per heavy atom. The summed E-state index contributed by atoms with van der Waals surface area (Å²) in [5.74, 6) is 2.50. The number of hydrogen-bond donors (Lipinski definition) is 1. The van der Waals surface area contributed by atoms with Crippen molar-refractivity contribution in [3.8, 4) is 11.5 Å². The monoisotopic (exact) mass is 358 g/mol. The number of benzene rings is 1. The molecule has 0 bridgehead atoms. The number of nitrogens with zero attached hydrogens (tertiary/aromatic N) is 5. The number of aryl methyl sites for hydroxylation is 2. The van der Waals surface area contributed by atoms with Crippen molar-refractivity contribution in [1.82, 2.24) is 24.5 Å². The van der Waals surface area contributed by atoms with Gasteiger partial charge in [0, 0.05) is 31.0 Å². The molecule has 4 rings (SSSR count). The largest absolute Gasteiger partial charge is 0.368 e. The minimum atomic E-state index is 0.654. The van der Waals surface area contributed by atoms with Crippen LogP contribution in [0.1, 0.15) is 18.4 Å². The van der Waals surface area contributed by atoms with E-state index in [1.54, 1.807) is 6.20 Å². The number of pyridine rings is 1. The molecular weight excluding hydrogens is 336 g/mol. The van der Waals surface area contributed by atoms with Gasteiger partial charge in [-0.3, -0.25) is 4.98 Å². The summed E-state index contributed by atoms with van der Waals surface area (Å²) in [6.07, 6.45) is 2.61. The average Bonchev–Trinajstić information content (AvgIpc) is 3.04. The van der Waals surface area contributed by atoms with Crippen LogP contribution in [-0.2, 0) is 13.0 Å². The van der Waals surface area contributed by atoms with Crippen molar-refractivity contribution in [3.63, 3.8) is 0 Å². The highest BCUT2D eigenvalue weighted by molar-refractivity contribution is 5.75. The fourth-order valence-electron chi connectivity index (χ4n) is 3.15. The highest BCUT2D eigenvalue weighted by Gasteiger charge is 2.09. The number of aromatic nitrogens is 5. The van der Waals surface area contributed by atoms with E-state index < -0.39 is 0 Å². The fourth-order valence-corrected chi connectivity index (χ4v) is 3.15. The van der Waals surface area contributed by atoms with Crippen LogP contribution in [0.15, 0.2) is 54.7 Å². The Labute approximate surface area is 158 Å². The molecule has 0 saturated carbocycles. The average molecular weight is 358 g/mol. The summed E-state index contributed by atoms with van der Waals surface area (Å²) in [6, 6.07) is 16.0. The first-order chi connectivity index (χ1) is 13.2. The van der Waals surface area contributed by atoms with Crippen molar-refractivity contribution in [2.24, 2.45) is 0 Å². The molecule has 0 unspecified atom stereocenters. The molecule has 0 atom stereocenters. The zero-order chi connectivity index (χ0) is 18.6. The summed E-state index contributed by atoms with van der Waals surface area (Å²) in [4.78, 5) is 18.2. The Bertz CT molecular complexity index is 1050. The second kappa shape index (κ2) is 7.53. The quantitative estimate of drug-likeness (QED) is 0.567. The van der Waals surface area contributed by atoms with Crippen LogP contribution in [0, 0.1) is 6.92 Å². The third-order valence-electron chi connectivity index (χ3n) is 4.52. The van der Waals surface area contributed by atoms with Crippen molar-refractivity contribution in [2.45, 2.75) is 26.8 Å². The molecule has 1 aromatic carbocycles. The van der Waals surface area contributed by atoms with E-state index in [0.717, 1.165) is 53.6 Å². The maximum absolute atomic E-state index is 4.65. The molecule has 136 valence electrons. The summed E-state index contributed by atoms with van der Waals surface area (Å²) in [7, 11) is 0. The Hall–Kier alpha value is -3.28. The lowest BCUT2D eigenvalue weighted by Gasteiger charge is -2.11. The number of hydrogen-bond acceptors (Lipinski definition) is 5. The number of anilines is 1. The summed E-state index contributed by atoms with van der Waals surface area (Å²) in [5, 5.41) is 3.43. The number of imidazole rings is 1. The molecule has 6 nitrogen and oxygen atoms in total. The zero-order valence-corrected chi connectivity index (χ0v) is 15.6. The van der Waals surface area contributed by atoms with Gasteiger partial charge in [-0.05, 0) is 37.6 Å². The van der Waals surface area contributed by atoms with Gasteiger partial charge in [0.25, 0.3) is 0 Å². The third-order valence-corrected chi connectivity index (χ3v) is 4.52. The maximum Gasteiger partial charge on any atom is 0.180 e.